The van der Waals surface area contributed by atoms with Crippen molar-refractivity contribution in [1.82, 2.24) is 14.8 Å². The van der Waals surface area contributed by atoms with Crippen molar-refractivity contribution < 1.29 is 9.47 Å². The highest BCUT2D eigenvalue weighted by atomic mass is 16.5. The molecule has 31 heavy (non-hydrogen) atoms. The van der Waals surface area contributed by atoms with Crippen molar-refractivity contribution in [1.29, 1.82) is 5.41 Å². The van der Waals surface area contributed by atoms with E-state index in [1.807, 2.05) is 43.4 Å². The monoisotopic (exact) mass is 420 g/mol. The van der Waals surface area contributed by atoms with E-state index in [0.29, 0.717) is 28.5 Å². The van der Waals surface area contributed by atoms with Gasteiger partial charge in [-0.15, -0.1) is 0 Å². The first-order valence-electron chi connectivity index (χ1n) is 10.3. The Labute approximate surface area is 182 Å². The number of nitrogens with zero attached hydrogens (tertiary/aromatic N) is 4. The number of nitrogens with one attached hydrogen (secondary N) is 1. The lowest BCUT2D eigenvalue weighted by molar-refractivity contribution is -0.00548. The van der Waals surface area contributed by atoms with Crippen LogP contribution in [0.2, 0.25) is 0 Å². The van der Waals surface area contributed by atoms with Crippen LogP contribution in [0.1, 0.15) is 25.1 Å². The molecule has 8 nitrogen and oxygen atoms in total. The minimum atomic E-state index is 0.138. The second-order valence-electron chi connectivity index (χ2n) is 7.94. The lowest BCUT2D eigenvalue weighted by Gasteiger charge is -2.35. The number of ether oxygens (including phenoxy) is 2. The zero-order valence-corrected chi connectivity index (χ0v) is 18.3. The number of nitrogens with two attached hydrogens (primary N) is 1. The van der Waals surface area contributed by atoms with Gasteiger partial charge in [0.25, 0.3) is 0 Å². The molecule has 1 aliphatic heterocycles. The molecule has 3 aromatic rings. The van der Waals surface area contributed by atoms with Crippen LogP contribution < -0.4 is 15.4 Å². The fourth-order valence-electron chi connectivity index (χ4n) is 3.97. The predicted molar refractivity (Wildman–Crippen MR) is 122 cm³/mol. The Balaban J connectivity index is 1.64. The zero-order valence-electron chi connectivity index (χ0n) is 18.3. The van der Waals surface area contributed by atoms with Crippen LogP contribution >= 0.6 is 0 Å². The van der Waals surface area contributed by atoms with E-state index in [9.17, 15) is 0 Å². The van der Waals surface area contributed by atoms with Gasteiger partial charge in [-0.1, -0.05) is 6.07 Å². The highest BCUT2D eigenvalue weighted by Gasteiger charge is 2.25. The van der Waals surface area contributed by atoms with Gasteiger partial charge in [-0.25, -0.2) is 4.98 Å². The lowest BCUT2D eigenvalue weighted by atomic mass is 9.99. The second-order valence-corrected chi connectivity index (χ2v) is 7.94. The normalized spacial score (nSPS) is 18.8. The molecule has 3 N–H and O–H groups in total. The molecule has 1 aromatic carbocycles. The van der Waals surface area contributed by atoms with E-state index in [4.69, 9.17) is 20.6 Å². The van der Waals surface area contributed by atoms with Crippen LogP contribution in [0, 0.1) is 5.41 Å². The van der Waals surface area contributed by atoms with Gasteiger partial charge in [0, 0.05) is 55.3 Å². The number of pyridine rings is 1. The molecule has 3 heterocycles. The summed E-state index contributed by atoms with van der Waals surface area (Å²) in [6.45, 7) is 5.68. The van der Waals surface area contributed by atoms with E-state index >= 15 is 0 Å². The number of hydrogen-bond acceptors (Lipinski definition) is 7. The molecular weight excluding hydrogens is 392 g/mol. The van der Waals surface area contributed by atoms with Crippen molar-refractivity contribution in [3.05, 3.63) is 53.9 Å². The number of hydrogen-bond donors (Lipinski definition) is 2. The molecule has 0 aliphatic carbocycles. The average Bonchev–Trinajstić information content (AvgIpc) is 3.15. The Bertz CT molecular complexity index is 1080. The van der Waals surface area contributed by atoms with E-state index in [0.717, 1.165) is 30.0 Å². The molecule has 2 atom stereocenters. The number of rotatable bonds is 5. The molecule has 1 saturated heterocycles. The first-order valence-corrected chi connectivity index (χ1v) is 10.3. The van der Waals surface area contributed by atoms with Crippen molar-refractivity contribution in [3.63, 3.8) is 0 Å². The third kappa shape index (κ3) is 4.25. The van der Waals surface area contributed by atoms with Crippen LogP contribution in [0.3, 0.4) is 0 Å². The number of benzene rings is 1. The second kappa shape index (κ2) is 8.39. The summed E-state index contributed by atoms with van der Waals surface area (Å²) in [4.78, 5) is 6.48. The Morgan fingerprint density at radius 3 is 2.48 bits per heavy atom. The van der Waals surface area contributed by atoms with Crippen LogP contribution in [0.4, 0.5) is 11.5 Å². The molecule has 4 rings (SSSR count). The van der Waals surface area contributed by atoms with Crippen molar-refractivity contribution in [2.24, 2.45) is 7.05 Å². The number of aryl methyl sites for hydroxylation is 1. The highest BCUT2D eigenvalue weighted by Crippen LogP contribution is 2.27. The summed E-state index contributed by atoms with van der Waals surface area (Å²) in [7, 11) is 3.44. The van der Waals surface area contributed by atoms with Crippen molar-refractivity contribution in [2.45, 2.75) is 26.1 Å². The molecule has 162 valence electrons. The summed E-state index contributed by atoms with van der Waals surface area (Å²) >= 11 is 0. The molecule has 0 saturated carbocycles. The number of aromatic nitrogens is 3. The number of methoxy groups -OCH3 is 1. The Morgan fingerprint density at radius 2 is 1.84 bits per heavy atom. The van der Waals surface area contributed by atoms with Gasteiger partial charge in [-0.2, -0.15) is 5.10 Å². The van der Waals surface area contributed by atoms with Gasteiger partial charge in [0.15, 0.2) is 5.82 Å². The van der Waals surface area contributed by atoms with E-state index in [1.165, 1.54) is 0 Å². The average molecular weight is 421 g/mol. The van der Waals surface area contributed by atoms with Crippen molar-refractivity contribution >= 4 is 17.2 Å². The van der Waals surface area contributed by atoms with Crippen molar-refractivity contribution in [3.8, 4) is 17.0 Å². The fraction of sp³-hybridized carbons (Fsp3) is 0.348. The van der Waals surface area contributed by atoms with Crippen LogP contribution in [-0.4, -0.2) is 52.9 Å². The first kappa shape index (κ1) is 20.9. The molecule has 1 aliphatic rings. The summed E-state index contributed by atoms with van der Waals surface area (Å²) in [5.74, 6) is 1.40. The highest BCUT2D eigenvalue weighted by molar-refractivity contribution is 6.13. The quantitative estimate of drug-likeness (QED) is 0.486. The Kier molecular flexibility index (Phi) is 5.65. The largest absolute Gasteiger partial charge is 0.481 e. The number of nitrogen functional groups attached to an aromatic ring is 1. The Hall–Kier alpha value is -3.39. The van der Waals surface area contributed by atoms with E-state index in [-0.39, 0.29) is 12.2 Å². The third-order valence-electron chi connectivity index (χ3n) is 5.47. The van der Waals surface area contributed by atoms with Crippen LogP contribution in [-0.2, 0) is 11.8 Å². The van der Waals surface area contributed by atoms with Gasteiger partial charge in [0.2, 0.25) is 5.88 Å². The molecule has 0 bridgehead atoms. The molecule has 8 heteroatoms. The maximum Gasteiger partial charge on any atom is 0.212 e. The van der Waals surface area contributed by atoms with Crippen LogP contribution in [0.15, 0.2) is 42.6 Å². The van der Waals surface area contributed by atoms with Gasteiger partial charge in [-0.05, 0) is 37.6 Å². The predicted octanol–water partition coefficient (Wildman–Crippen LogP) is 3.10. The van der Waals surface area contributed by atoms with Gasteiger partial charge in [-0.3, -0.25) is 10.1 Å². The standard InChI is InChI=1S/C23H28N6O2/c1-14-12-29(13-15(2)31-14)21-10-20(28(3)27-21)23(25)18-9-16(5-7-19(18)24)17-6-8-22(30-4)26-11-17/h5-11,14-15,25H,12-13,24H2,1-4H3/t14-,15?/m1/s1. The molecule has 1 fully saturated rings. The molecule has 2 aromatic heterocycles. The summed E-state index contributed by atoms with van der Waals surface area (Å²) < 4.78 is 12.7. The molecule has 0 spiro atoms. The van der Waals surface area contributed by atoms with Crippen LogP contribution in [0.25, 0.3) is 11.1 Å². The van der Waals surface area contributed by atoms with Gasteiger partial charge in [0.05, 0.1) is 30.7 Å². The summed E-state index contributed by atoms with van der Waals surface area (Å²) in [6, 6.07) is 11.4. The van der Waals surface area contributed by atoms with Gasteiger partial charge in [0.1, 0.15) is 0 Å². The van der Waals surface area contributed by atoms with Crippen LogP contribution in [0.5, 0.6) is 5.88 Å². The topological polar surface area (TPSA) is 102 Å². The minimum Gasteiger partial charge on any atom is -0.481 e. The summed E-state index contributed by atoms with van der Waals surface area (Å²) in [5.41, 5.74) is 10.4. The van der Waals surface area contributed by atoms with Crippen molar-refractivity contribution in [2.75, 3.05) is 30.8 Å². The SMILES string of the molecule is COc1ccc(-c2ccc(N)c(C(=N)c3cc(N4CC(C)O[C@H](C)C4)nn3C)c2)cn1. The lowest BCUT2D eigenvalue weighted by Crippen LogP contribution is -2.45. The molecule has 0 radical (unpaired) electrons. The first-order chi connectivity index (χ1) is 14.9. The Morgan fingerprint density at radius 1 is 1.13 bits per heavy atom. The number of morpholine rings is 1. The maximum absolute atomic E-state index is 8.86. The van der Waals surface area contributed by atoms with E-state index in [1.54, 1.807) is 18.0 Å². The summed E-state index contributed by atoms with van der Waals surface area (Å²) in [6.07, 6.45) is 2.03. The zero-order chi connectivity index (χ0) is 22.1. The maximum atomic E-state index is 8.86. The van der Waals surface area contributed by atoms with Gasteiger partial charge < -0.3 is 20.1 Å². The summed E-state index contributed by atoms with van der Waals surface area (Å²) in [5, 5.41) is 13.5. The molecule has 0 amide bonds. The number of anilines is 2. The third-order valence-corrected chi connectivity index (χ3v) is 5.47. The molecule has 1 unspecified atom stereocenters. The molecular formula is C23H28N6O2. The smallest absolute Gasteiger partial charge is 0.212 e. The van der Waals surface area contributed by atoms with E-state index in [2.05, 4.69) is 28.8 Å². The minimum absolute atomic E-state index is 0.138. The fourth-order valence-corrected chi connectivity index (χ4v) is 3.97. The van der Waals surface area contributed by atoms with E-state index < -0.39 is 0 Å². The van der Waals surface area contributed by atoms with Gasteiger partial charge >= 0.3 is 0 Å².